The van der Waals surface area contributed by atoms with Crippen LogP contribution in [0.3, 0.4) is 0 Å². The molecule has 0 unspecified atom stereocenters. The molecule has 1 heterocycles. The Bertz CT molecular complexity index is 328. The van der Waals surface area contributed by atoms with Crippen LogP contribution < -0.4 is 10.1 Å². The normalized spacial score (nSPS) is 10.6. The number of nitrogens with one attached hydrogen (secondary N) is 1. The van der Waals surface area contributed by atoms with Gasteiger partial charge in [-0.2, -0.15) is 0 Å². The quantitative estimate of drug-likeness (QED) is 0.615. The van der Waals surface area contributed by atoms with Crippen molar-refractivity contribution in [1.82, 2.24) is 10.3 Å². The minimum Gasteiger partial charge on any atom is -0.477 e. The van der Waals surface area contributed by atoms with Crippen molar-refractivity contribution >= 4 is 0 Å². The molecule has 0 aromatic carbocycles. The Balaban J connectivity index is 2.21. The zero-order valence-electron chi connectivity index (χ0n) is 12.5. The molecule has 0 aliphatic carbocycles. The fraction of sp³-hybridized carbons (Fsp3) is 0.688. The summed E-state index contributed by atoms with van der Waals surface area (Å²) in [7, 11) is 0. The van der Waals surface area contributed by atoms with Crippen LogP contribution in [0.4, 0.5) is 0 Å². The van der Waals surface area contributed by atoms with Crippen LogP contribution in [0.25, 0.3) is 0 Å². The smallest absolute Gasteiger partial charge is 0.217 e. The molecule has 0 spiro atoms. The molecule has 1 aromatic heterocycles. The SMILES string of the molecule is CCCCCCCCOc1ncccc1CNCC. The third kappa shape index (κ3) is 7.16. The van der Waals surface area contributed by atoms with Crippen molar-refractivity contribution in [1.29, 1.82) is 0 Å². The first kappa shape index (κ1) is 16.0. The molecular formula is C16H28N2O. The van der Waals surface area contributed by atoms with Crippen LogP contribution in [0.2, 0.25) is 0 Å². The van der Waals surface area contributed by atoms with E-state index in [0.717, 1.165) is 37.6 Å². The molecule has 0 saturated heterocycles. The van der Waals surface area contributed by atoms with Gasteiger partial charge in [-0.15, -0.1) is 0 Å². The number of unbranched alkanes of at least 4 members (excludes halogenated alkanes) is 5. The molecule has 0 saturated carbocycles. The van der Waals surface area contributed by atoms with Crippen LogP contribution in [0.1, 0.15) is 57.9 Å². The molecular weight excluding hydrogens is 236 g/mol. The molecule has 1 N–H and O–H groups in total. The van der Waals surface area contributed by atoms with Gasteiger partial charge >= 0.3 is 0 Å². The lowest BCUT2D eigenvalue weighted by atomic mass is 10.1. The number of hydrogen-bond donors (Lipinski definition) is 1. The Kier molecular flexibility index (Phi) is 9.07. The van der Waals surface area contributed by atoms with Crippen molar-refractivity contribution < 1.29 is 4.74 Å². The van der Waals surface area contributed by atoms with Crippen molar-refractivity contribution in [2.75, 3.05) is 13.2 Å². The molecule has 3 nitrogen and oxygen atoms in total. The van der Waals surface area contributed by atoms with Crippen LogP contribution in [0.5, 0.6) is 5.88 Å². The van der Waals surface area contributed by atoms with E-state index in [1.165, 1.54) is 32.1 Å². The number of hydrogen-bond acceptors (Lipinski definition) is 3. The van der Waals surface area contributed by atoms with Gasteiger partial charge in [0.05, 0.1) is 6.61 Å². The molecule has 3 heteroatoms. The highest BCUT2D eigenvalue weighted by molar-refractivity contribution is 5.25. The second-order valence-electron chi connectivity index (χ2n) is 4.86. The summed E-state index contributed by atoms with van der Waals surface area (Å²) < 4.78 is 5.79. The highest BCUT2D eigenvalue weighted by Crippen LogP contribution is 2.14. The van der Waals surface area contributed by atoms with Gasteiger partial charge in [-0.25, -0.2) is 4.98 Å². The van der Waals surface area contributed by atoms with E-state index in [2.05, 4.69) is 30.2 Å². The Hall–Kier alpha value is -1.09. The molecule has 0 aliphatic rings. The summed E-state index contributed by atoms with van der Waals surface area (Å²) in [6, 6.07) is 4.04. The summed E-state index contributed by atoms with van der Waals surface area (Å²) >= 11 is 0. The van der Waals surface area contributed by atoms with Crippen molar-refractivity contribution in [3.63, 3.8) is 0 Å². The fourth-order valence-electron chi connectivity index (χ4n) is 2.00. The van der Waals surface area contributed by atoms with E-state index in [-0.39, 0.29) is 0 Å². The molecule has 0 amide bonds. The predicted molar refractivity (Wildman–Crippen MR) is 80.5 cm³/mol. The largest absolute Gasteiger partial charge is 0.477 e. The topological polar surface area (TPSA) is 34.1 Å². The van der Waals surface area contributed by atoms with Gasteiger partial charge in [-0.1, -0.05) is 52.0 Å². The molecule has 1 aromatic rings. The number of aromatic nitrogens is 1. The van der Waals surface area contributed by atoms with Crippen LogP contribution in [-0.4, -0.2) is 18.1 Å². The van der Waals surface area contributed by atoms with Gasteiger partial charge in [0, 0.05) is 18.3 Å². The highest BCUT2D eigenvalue weighted by Gasteiger charge is 2.03. The standard InChI is InChI=1S/C16H28N2O/c1-3-5-6-7-8-9-13-19-16-15(14-17-4-2)11-10-12-18-16/h10-12,17H,3-9,13-14H2,1-2H3. The van der Waals surface area contributed by atoms with Crippen molar-refractivity contribution in [2.45, 2.75) is 58.9 Å². The number of nitrogens with zero attached hydrogens (tertiary/aromatic N) is 1. The van der Waals surface area contributed by atoms with Gasteiger partial charge < -0.3 is 10.1 Å². The van der Waals surface area contributed by atoms with E-state index in [1.807, 2.05) is 6.07 Å². The van der Waals surface area contributed by atoms with Crippen molar-refractivity contribution in [3.8, 4) is 5.88 Å². The molecule has 0 bridgehead atoms. The van der Waals surface area contributed by atoms with Crippen LogP contribution in [0.15, 0.2) is 18.3 Å². The zero-order chi connectivity index (χ0) is 13.8. The van der Waals surface area contributed by atoms with E-state index >= 15 is 0 Å². The Labute approximate surface area is 117 Å². The highest BCUT2D eigenvalue weighted by atomic mass is 16.5. The minimum absolute atomic E-state index is 0.780. The maximum Gasteiger partial charge on any atom is 0.217 e. The third-order valence-corrected chi connectivity index (χ3v) is 3.15. The monoisotopic (exact) mass is 264 g/mol. The van der Waals surface area contributed by atoms with Gasteiger partial charge in [0.25, 0.3) is 0 Å². The number of ether oxygens (including phenoxy) is 1. The molecule has 0 aliphatic heterocycles. The first-order valence-corrected chi connectivity index (χ1v) is 7.65. The van der Waals surface area contributed by atoms with E-state index in [0.29, 0.717) is 0 Å². The summed E-state index contributed by atoms with van der Waals surface area (Å²) in [5.74, 6) is 0.789. The predicted octanol–water partition coefficient (Wildman–Crippen LogP) is 3.93. The van der Waals surface area contributed by atoms with Crippen molar-refractivity contribution in [3.05, 3.63) is 23.9 Å². The lowest BCUT2D eigenvalue weighted by molar-refractivity contribution is 0.289. The maximum absolute atomic E-state index is 5.79. The first-order valence-electron chi connectivity index (χ1n) is 7.65. The third-order valence-electron chi connectivity index (χ3n) is 3.15. The van der Waals surface area contributed by atoms with Gasteiger partial charge in [0.1, 0.15) is 0 Å². The number of rotatable bonds is 11. The molecule has 108 valence electrons. The maximum atomic E-state index is 5.79. The molecule has 0 fully saturated rings. The van der Waals surface area contributed by atoms with Crippen LogP contribution >= 0.6 is 0 Å². The van der Waals surface area contributed by atoms with E-state index in [1.54, 1.807) is 6.20 Å². The van der Waals surface area contributed by atoms with Crippen LogP contribution in [-0.2, 0) is 6.54 Å². The van der Waals surface area contributed by atoms with Crippen molar-refractivity contribution in [2.24, 2.45) is 0 Å². The lowest BCUT2D eigenvalue weighted by Crippen LogP contribution is -2.13. The average molecular weight is 264 g/mol. The summed E-state index contributed by atoms with van der Waals surface area (Å²) in [6.07, 6.45) is 9.52. The van der Waals surface area contributed by atoms with E-state index < -0.39 is 0 Å². The van der Waals surface area contributed by atoms with E-state index in [9.17, 15) is 0 Å². The molecule has 1 rings (SSSR count). The molecule has 0 radical (unpaired) electrons. The summed E-state index contributed by atoms with van der Waals surface area (Å²) in [5, 5.41) is 3.31. The summed E-state index contributed by atoms with van der Waals surface area (Å²) in [6.45, 7) is 6.92. The molecule has 19 heavy (non-hydrogen) atoms. The number of pyridine rings is 1. The first-order chi connectivity index (χ1) is 9.38. The van der Waals surface area contributed by atoms with Gasteiger partial charge in [-0.05, 0) is 19.0 Å². The fourth-order valence-corrected chi connectivity index (χ4v) is 2.00. The van der Waals surface area contributed by atoms with Gasteiger partial charge in [0.2, 0.25) is 5.88 Å². The Morgan fingerprint density at radius 1 is 1.11 bits per heavy atom. The minimum atomic E-state index is 0.780. The lowest BCUT2D eigenvalue weighted by Gasteiger charge is -2.10. The summed E-state index contributed by atoms with van der Waals surface area (Å²) in [4.78, 5) is 4.32. The zero-order valence-corrected chi connectivity index (χ0v) is 12.5. The van der Waals surface area contributed by atoms with Crippen LogP contribution in [0, 0.1) is 0 Å². The summed E-state index contributed by atoms with van der Waals surface area (Å²) in [5.41, 5.74) is 1.15. The van der Waals surface area contributed by atoms with Gasteiger partial charge in [-0.3, -0.25) is 0 Å². The Morgan fingerprint density at radius 2 is 1.89 bits per heavy atom. The second-order valence-corrected chi connectivity index (χ2v) is 4.86. The Morgan fingerprint density at radius 3 is 2.68 bits per heavy atom. The second kappa shape index (κ2) is 10.8. The molecule has 0 atom stereocenters. The van der Waals surface area contributed by atoms with Gasteiger partial charge in [0.15, 0.2) is 0 Å². The van der Waals surface area contributed by atoms with E-state index in [4.69, 9.17) is 4.74 Å². The average Bonchev–Trinajstić information content (AvgIpc) is 2.45.